The minimum atomic E-state index is 0.369. The summed E-state index contributed by atoms with van der Waals surface area (Å²) in [4.78, 5) is 9.86. The predicted octanol–water partition coefficient (Wildman–Crippen LogP) is 2.49. The van der Waals surface area contributed by atoms with Crippen molar-refractivity contribution < 1.29 is 7.54 Å². The van der Waals surface area contributed by atoms with Crippen molar-refractivity contribution in [3.8, 4) is 0 Å². The molecule has 0 saturated carbocycles. The van der Waals surface area contributed by atoms with E-state index in [4.69, 9.17) is 2.74 Å². The summed E-state index contributed by atoms with van der Waals surface area (Å²) in [6.07, 6.45) is 5.68. The molecule has 0 spiro atoms. The van der Waals surface area contributed by atoms with E-state index in [0.717, 1.165) is 6.29 Å². The summed E-state index contributed by atoms with van der Waals surface area (Å²) in [7, 11) is 0. The third-order valence-corrected chi connectivity index (χ3v) is 0.952. The molecule has 0 aromatic carbocycles. The zero-order valence-corrected chi connectivity index (χ0v) is 6.26. The van der Waals surface area contributed by atoms with Crippen LogP contribution in [0.5, 0.6) is 0 Å². The van der Waals surface area contributed by atoms with Crippen LogP contribution in [0.2, 0.25) is 0 Å². The highest BCUT2D eigenvalue weighted by Gasteiger charge is 1.73. The first kappa shape index (κ1) is 5.90. The third kappa shape index (κ3) is 7.15. The van der Waals surface area contributed by atoms with Crippen LogP contribution in [-0.4, -0.2) is 6.29 Å². The molecule has 0 unspecified atom stereocenters. The summed E-state index contributed by atoms with van der Waals surface area (Å²) >= 11 is 0. The molecule has 0 rings (SSSR count). The number of carbonyl (C=O) groups excluding carboxylic acids is 1. The second-order valence-corrected chi connectivity index (χ2v) is 1.81. The van der Waals surface area contributed by atoms with Crippen LogP contribution in [0.15, 0.2) is 24.3 Å². The summed E-state index contributed by atoms with van der Waals surface area (Å²) in [5, 5.41) is 0. The molecule has 0 radical (unpaired) electrons. The summed E-state index contributed by atoms with van der Waals surface area (Å²) in [5.74, 6) is 0. The van der Waals surface area contributed by atoms with Crippen molar-refractivity contribution in [1.82, 2.24) is 0 Å². The largest absolute Gasteiger partial charge is 0.299 e. The monoisotopic (exact) mass is 140 g/mol. The minimum Gasteiger partial charge on any atom is -0.299 e. The zero-order valence-electron chi connectivity index (χ0n) is 8.26. The predicted molar refractivity (Wildman–Crippen MR) is 43.9 cm³/mol. The Bertz CT molecular complexity index is 195. The topological polar surface area (TPSA) is 17.1 Å². The van der Waals surface area contributed by atoms with Gasteiger partial charge in [-0.2, -0.15) is 0 Å². The Morgan fingerprint density at radius 3 is 2.80 bits per heavy atom. The number of hydrogen-bond acceptors (Lipinski definition) is 1. The standard InChI is InChI=1S/C9H14O/c1-2-3-4-5-6-7-8-9-10/h3-4,7-9H,2,5-6H2,1H3/b4-3-,8-7+/i3D,4D. The number of rotatable bonds is 5. The van der Waals surface area contributed by atoms with Gasteiger partial charge in [0.1, 0.15) is 6.29 Å². The fraction of sp³-hybridized carbons (Fsp3) is 0.444. The Balaban J connectivity index is 3.77. The molecular formula is C9H14O. The van der Waals surface area contributed by atoms with Crippen LogP contribution >= 0.6 is 0 Å². The molecule has 1 heteroatoms. The number of hydrogen-bond donors (Lipinski definition) is 0. The SMILES string of the molecule is [2H]/C(CC)=C(\[2H])CC/C=C/C=O. The molecule has 56 valence electrons. The second kappa shape index (κ2) is 8.15. The van der Waals surface area contributed by atoms with Crippen molar-refractivity contribution in [3.05, 3.63) is 24.3 Å². The highest BCUT2D eigenvalue weighted by molar-refractivity contribution is 5.64. The molecule has 0 aromatic rings. The second-order valence-electron chi connectivity index (χ2n) is 1.81. The van der Waals surface area contributed by atoms with Gasteiger partial charge in [-0.15, -0.1) is 0 Å². The van der Waals surface area contributed by atoms with E-state index in [1.807, 2.05) is 6.92 Å². The lowest BCUT2D eigenvalue weighted by atomic mass is 10.2. The molecular weight excluding hydrogens is 124 g/mol. The molecule has 0 aliphatic rings. The van der Waals surface area contributed by atoms with Gasteiger partial charge in [0.05, 0.1) is 2.74 Å². The molecule has 0 heterocycles. The van der Waals surface area contributed by atoms with Gasteiger partial charge in [0.25, 0.3) is 0 Å². The average Bonchev–Trinajstić information content (AvgIpc) is 2.10. The fourth-order valence-electron chi connectivity index (χ4n) is 0.521. The van der Waals surface area contributed by atoms with Gasteiger partial charge in [0.15, 0.2) is 0 Å². The molecule has 0 bridgehead atoms. The highest BCUT2D eigenvalue weighted by atomic mass is 16.1. The fourth-order valence-corrected chi connectivity index (χ4v) is 0.521. The van der Waals surface area contributed by atoms with Crippen LogP contribution in [0.3, 0.4) is 0 Å². The lowest BCUT2D eigenvalue weighted by Gasteiger charge is -1.83. The van der Waals surface area contributed by atoms with Crippen LogP contribution in [-0.2, 0) is 4.79 Å². The van der Waals surface area contributed by atoms with Gasteiger partial charge in [-0.3, -0.25) is 4.79 Å². The van der Waals surface area contributed by atoms with E-state index in [-0.39, 0.29) is 0 Å². The maximum Gasteiger partial charge on any atom is 0.142 e. The van der Waals surface area contributed by atoms with Crippen LogP contribution in [0.25, 0.3) is 0 Å². The van der Waals surface area contributed by atoms with Crippen molar-refractivity contribution in [2.75, 3.05) is 0 Å². The first-order valence-electron chi connectivity index (χ1n) is 4.47. The van der Waals surface area contributed by atoms with Crippen LogP contribution in [0, 0.1) is 0 Å². The van der Waals surface area contributed by atoms with E-state index < -0.39 is 0 Å². The van der Waals surface area contributed by atoms with Crippen LogP contribution in [0.4, 0.5) is 0 Å². The van der Waals surface area contributed by atoms with Gasteiger partial charge in [0.2, 0.25) is 0 Å². The number of allylic oxidation sites excluding steroid dienone is 4. The van der Waals surface area contributed by atoms with Crippen molar-refractivity contribution in [2.45, 2.75) is 26.2 Å². The quantitative estimate of drug-likeness (QED) is 0.326. The van der Waals surface area contributed by atoms with E-state index in [2.05, 4.69) is 0 Å². The molecule has 0 aliphatic heterocycles. The van der Waals surface area contributed by atoms with E-state index in [1.165, 1.54) is 6.08 Å². The van der Waals surface area contributed by atoms with E-state index in [1.54, 1.807) is 6.08 Å². The van der Waals surface area contributed by atoms with Gasteiger partial charge < -0.3 is 0 Å². The van der Waals surface area contributed by atoms with Crippen LogP contribution in [0.1, 0.15) is 28.9 Å². The van der Waals surface area contributed by atoms with E-state index in [9.17, 15) is 4.79 Å². The highest BCUT2D eigenvalue weighted by Crippen LogP contribution is 1.92. The number of carbonyl (C=O) groups is 1. The molecule has 1 nitrogen and oxygen atoms in total. The molecule has 0 aliphatic carbocycles. The molecule has 0 fully saturated rings. The minimum absolute atomic E-state index is 0.369. The Morgan fingerprint density at radius 1 is 1.40 bits per heavy atom. The summed E-state index contributed by atoms with van der Waals surface area (Å²) in [5.41, 5.74) is 0. The molecule has 0 aromatic heterocycles. The normalized spacial score (nSPS) is 16.1. The van der Waals surface area contributed by atoms with Crippen LogP contribution < -0.4 is 0 Å². The van der Waals surface area contributed by atoms with E-state index >= 15 is 0 Å². The molecule has 0 amide bonds. The Hall–Kier alpha value is -0.850. The summed E-state index contributed by atoms with van der Waals surface area (Å²) in [6, 6.07) is 0.752. The average molecular weight is 140 g/mol. The summed E-state index contributed by atoms with van der Waals surface area (Å²) in [6.45, 7) is 1.86. The van der Waals surface area contributed by atoms with Gasteiger partial charge in [-0.05, 0) is 25.3 Å². The molecule has 0 saturated heterocycles. The maximum atomic E-state index is 9.86. The Morgan fingerprint density at radius 2 is 2.20 bits per heavy atom. The first-order chi connectivity index (χ1) is 5.72. The van der Waals surface area contributed by atoms with Gasteiger partial charge in [0, 0.05) is 0 Å². The third-order valence-electron chi connectivity index (χ3n) is 0.952. The van der Waals surface area contributed by atoms with E-state index in [0.29, 0.717) is 31.4 Å². The Kier molecular flexibility index (Phi) is 4.81. The van der Waals surface area contributed by atoms with Crippen molar-refractivity contribution in [2.24, 2.45) is 0 Å². The van der Waals surface area contributed by atoms with Crippen molar-refractivity contribution in [3.63, 3.8) is 0 Å². The smallest absolute Gasteiger partial charge is 0.142 e. The number of aldehydes is 1. The lowest BCUT2D eigenvalue weighted by molar-refractivity contribution is -0.104. The molecule has 10 heavy (non-hydrogen) atoms. The molecule has 0 atom stereocenters. The first-order valence-corrected chi connectivity index (χ1v) is 3.47. The van der Waals surface area contributed by atoms with Gasteiger partial charge in [-0.1, -0.05) is 25.1 Å². The van der Waals surface area contributed by atoms with Crippen molar-refractivity contribution in [1.29, 1.82) is 0 Å². The maximum absolute atomic E-state index is 9.86. The molecule has 0 N–H and O–H groups in total. The van der Waals surface area contributed by atoms with Crippen molar-refractivity contribution >= 4 is 6.29 Å². The summed E-state index contributed by atoms with van der Waals surface area (Å²) < 4.78 is 14.7. The lowest BCUT2D eigenvalue weighted by Crippen LogP contribution is -1.65. The van der Waals surface area contributed by atoms with Gasteiger partial charge >= 0.3 is 0 Å². The Labute approximate surface area is 65.3 Å². The zero-order chi connectivity index (χ0) is 9.40. The van der Waals surface area contributed by atoms with Gasteiger partial charge in [-0.25, -0.2) is 0 Å².